The third-order valence-corrected chi connectivity index (χ3v) is 2.47. The highest BCUT2D eigenvalue weighted by Gasteiger charge is 2.12. The summed E-state index contributed by atoms with van der Waals surface area (Å²) in [7, 11) is 0. The lowest BCUT2D eigenvalue weighted by molar-refractivity contribution is 0.0951. The van der Waals surface area contributed by atoms with Gasteiger partial charge in [0.1, 0.15) is 0 Å². The Morgan fingerprint density at radius 1 is 1.64 bits per heavy atom. The molecule has 0 aliphatic carbocycles. The lowest BCUT2D eigenvalue weighted by Gasteiger charge is -2.17. The molecule has 0 fully saturated rings. The molecule has 0 saturated carbocycles. The van der Waals surface area contributed by atoms with Crippen molar-refractivity contribution in [1.29, 1.82) is 0 Å². The van der Waals surface area contributed by atoms with Crippen molar-refractivity contribution >= 4 is 0 Å². The molecule has 1 N–H and O–H groups in total. The van der Waals surface area contributed by atoms with Crippen LogP contribution < -0.4 is 5.69 Å². The second-order valence-electron chi connectivity index (χ2n) is 3.51. The smallest absolute Gasteiger partial charge is 0.347 e. The van der Waals surface area contributed by atoms with E-state index >= 15 is 0 Å². The highest BCUT2D eigenvalue weighted by molar-refractivity contribution is 4.82. The van der Waals surface area contributed by atoms with E-state index in [4.69, 9.17) is 0 Å². The average Bonchev–Trinajstić information content (AvgIpc) is 2.20. The van der Waals surface area contributed by atoms with Crippen LogP contribution >= 0.6 is 0 Å². The number of aliphatic hydroxyl groups excluding tert-OH is 1. The molecule has 1 rings (SSSR count). The summed E-state index contributed by atoms with van der Waals surface area (Å²) in [6, 6.07) is 1.69. The maximum atomic E-state index is 11.2. The van der Waals surface area contributed by atoms with Crippen LogP contribution in [-0.4, -0.2) is 20.8 Å². The van der Waals surface area contributed by atoms with Crippen LogP contribution in [0.4, 0.5) is 0 Å². The summed E-state index contributed by atoms with van der Waals surface area (Å²) >= 11 is 0. The van der Waals surface area contributed by atoms with E-state index in [0.29, 0.717) is 6.54 Å². The molecule has 14 heavy (non-hydrogen) atoms. The molecule has 0 bridgehead atoms. The van der Waals surface area contributed by atoms with Gasteiger partial charge in [0.2, 0.25) is 0 Å². The number of rotatable bonds is 4. The Kier molecular flexibility index (Phi) is 3.83. The first-order valence-corrected chi connectivity index (χ1v) is 4.84. The van der Waals surface area contributed by atoms with Gasteiger partial charge in [-0.1, -0.05) is 20.3 Å². The first-order chi connectivity index (χ1) is 6.65. The van der Waals surface area contributed by atoms with Gasteiger partial charge in [-0.2, -0.15) is 0 Å². The van der Waals surface area contributed by atoms with E-state index in [2.05, 4.69) is 4.98 Å². The van der Waals surface area contributed by atoms with Crippen molar-refractivity contribution in [3.8, 4) is 0 Å². The molecule has 4 nitrogen and oxygen atoms in total. The van der Waals surface area contributed by atoms with E-state index in [9.17, 15) is 9.90 Å². The Morgan fingerprint density at radius 2 is 2.36 bits per heavy atom. The quantitative estimate of drug-likeness (QED) is 0.769. The average molecular weight is 196 g/mol. The first-order valence-electron chi connectivity index (χ1n) is 4.84. The fourth-order valence-electron chi connectivity index (χ4n) is 1.18. The van der Waals surface area contributed by atoms with Gasteiger partial charge in [0.25, 0.3) is 0 Å². The molecule has 1 heterocycles. The summed E-state index contributed by atoms with van der Waals surface area (Å²) in [5.74, 6) is 0.196. The standard InChI is InChI=1S/C10H16N2O2/c1-3-8(2)9(13)7-12-6-4-5-11-10(12)14/h4-6,8-9,13H,3,7H2,1-2H3. The first kappa shape index (κ1) is 10.9. The molecule has 0 aliphatic heterocycles. The van der Waals surface area contributed by atoms with Crippen LogP contribution in [0.2, 0.25) is 0 Å². The van der Waals surface area contributed by atoms with Crippen LogP contribution in [0, 0.1) is 5.92 Å². The molecule has 0 radical (unpaired) electrons. The summed E-state index contributed by atoms with van der Waals surface area (Å²) in [4.78, 5) is 14.8. The predicted molar refractivity (Wildman–Crippen MR) is 54.0 cm³/mol. The third kappa shape index (κ3) is 2.67. The largest absolute Gasteiger partial charge is 0.391 e. The Bertz CT molecular complexity index is 335. The highest BCUT2D eigenvalue weighted by Crippen LogP contribution is 2.08. The maximum absolute atomic E-state index is 11.2. The van der Waals surface area contributed by atoms with Crippen LogP contribution in [-0.2, 0) is 6.54 Å². The van der Waals surface area contributed by atoms with Crippen molar-refractivity contribution in [2.75, 3.05) is 0 Å². The van der Waals surface area contributed by atoms with Gasteiger partial charge >= 0.3 is 5.69 Å². The minimum Gasteiger partial charge on any atom is -0.391 e. The zero-order valence-electron chi connectivity index (χ0n) is 8.55. The molecule has 0 saturated heterocycles. The number of nitrogens with zero attached hydrogens (tertiary/aromatic N) is 2. The van der Waals surface area contributed by atoms with Gasteiger partial charge in [0.05, 0.1) is 12.6 Å². The Hall–Kier alpha value is -1.16. The molecule has 0 aromatic carbocycles. The highest BCUT2D eigenvalue weighted by atomic mass is 16.3. The second-order valence-corrected chi connectivity index (χ2v) is 3.51. The Morgan fingerprint density at radius 3 is 2.93 bits per heavy atom. The lowest BCUT2D eigenvalue weighted by atomic mass is 10.0. The van der Waals surface area contributed by atoms with E-state index in [1.807, 2.05) is 13.8 Å². The second kappa shape index (κ2) is 4.91. The molecule has 0 spiro atoms. The van der Waals surface area contributed by atoms with Gasteiger partial charge in [-0.05, 0) is 12.0 Å². The van der Waals surface area contributed by atoms with E-state index in [-0.39, 0.29) is 11.6 Å². The van der Waals surface area contributed by atoms with E-state index in [1.165, 1.54) is 10.8 Å². The zero-order valence-corrected chi connectivity index (χ0v) is 8.55. The monoisotopic (exact) mass is 196 g/mol. The third-order valence-electron chi connectivity index (χ3n) is 2.47. The van der Waals surface area contributed by atoms with Gasteiger partial charge in [0, 0.05) is 12.4 Å². The summed E-state index contributed by atoms with van der Waals surface area (Å²) in [6.07, 6.45) is 3.51. The molecule has 1 aromatic heterocycles. The Labute approximate surface area is 83.2 Å². The summed E-state index contributed by atoms with van der Waals surface area (Å²) in [6.45, 7) is 4.30. The fraction of sp³-hybridized carbons (Fsp3) is 0.600. The van der Waals surface area contributed by atoms with Crippen molar-refractivity contribution in [2.45, 2.75) is 32.9 Å². The summed E-state index contributed by atoms with van der Waals surface area (Å²) in [5.41, 5.74) is -0.310. The van der Waals surface area contributed by atoms with Crippen LogP contribution in [0.3, 0.4) is 0 Å². The van der Waals surface area contributed by atoms with Gasteiger partial charge in [-0.15, -0.1) is 0 Å². The van der Waals surface area contributed by atoms with Gasteiger partial charge in [0.15, 0.2) is 0 Å². The van der Waals surface area contributed by atoms with Crippen molar-refractivity contribution < 1.29 is 5.11 Å². The SMILES string of the molecule is CCC(C)C(O)Cn1cccnc1=O. The van der Waals surface area contributed by atoms with Crippen LogP contribution in [0.5, 0.6) is 0 Å². The molecule has 2 atom stereocenters. The molecule has 0 aliphatic rings. The van der Waals surface area contributed by atoms with E-state index < -0.39 is 6.10 Å². The Balaban J connectivity index is 2.69. The number of hydrogen-bond donors (Lipinski definition) is 1. The normalized spacial score (nSPS) is 15.1. The molecule has 2 unspecified atom stereocenters. The minimum atomic E-state index is -0.484. The van der Waals surface area contributed by atoms with Crippen LogP contribution in [0.1, 0.15) is 20.3 Å². The van der Waals surface area contributed by atoms with Gasteiger partial charge in [-0.3, -0.25) is 4.57 Å². The molecule has 0 amide bonds. The fourth-order valence-corrected chi connectivity index (χ4v) is 1.18. The van der Waals surface area contributed by atoms with Crippen molar-refractivity contribution in [1.82, 2.24) is 9.55 Å². The number of hydrogen-bond acceptors (Lipinski definition) is 3. The van der Waals surface area contributed by atoms with Crippen molar-refractivity contribution in [2.24, 2.45) is 5.92 Å². The molecule has 4 heteroatoms. The van der Waals surface area contributed by atoms with Crippen LogP contribution in [0.25, 0.3) is 0 Å². The lowest BCUT2D eigenvalue weighted by Crippen LogP contribution is -2.30. The maximum Gasteiger partial charge on any atom is 0.347 e. The minimum absolute atomic E-state index is 0.196. The van der Waals surface area contributed by atoms with Crippen molar-refractivity contribution in [3.63, 3.8) is 0 Å². The molecule has 78 valence electrons. The van der Waals surface area contributed by atoms with Gasteiger partial charge in [-0.25, -0.2) is 9.78 Å². The van der Waals surface area contributed by atoms with Gasteiger partial charge < -0.3 is 5.11 Å². The predicted octanol–water partition coefficient (Wildman–Crippen LogP) is 0.650. The summed E-state index contributed by atoms with van der Waals surface area (Å²) < 4.78 is 1.43. The number of aliphatic hydroxyl groups is 1. The molecule has 1 aromatic rings. The summed E-state index contributed by atoms with van der Waals surface area (Å²) in [5, 5.41) is 9.71. The molecular formula is C10H16N2O2. The number of aromatic nitrogens is 2. The topological polar surface area (TPSA) is 55.1 Å². The zero-order chi connectivity index (χ0) is 10.6. The molecular weight excluding hydrogens is 180 g/mol. The van der Waals surface area contributed by atoms with Crippen LogP contribution in [0.15, 0.2) is 23.3 Å². The van der Waals surface area contributed by atoms with E-state index in [1.54, 1.807) is 12.3 Å². The van der Waals surface area contributed by atoms with Crippen molar-refractivity contribution in [3.05, 3.63) is 28.9 Å². The van der Waals surface area contributed by atoms with E-state index in [0.717, 1.165) is 6.42 Å².